The molecule has 6 amide bonds. The Morgan fingerprint density at radius 1 is 0.926 bits per heavy atom. The second kappa shape index (κ2) is 18.8. The summed E-state index contributed by atoms with van der Waals surface area (Å²) in [5.41, 5.74) is 29.3. The third kappa shape index (κ3) is 10.5. The number of benzene rings is 2. The lowest BCUT2D eigenvalue weighted by atomic mass is 9.95. The minimum Gasteiger partial charge on any atom is -0.508 e. The number of fused-ring (bicyclic) bond motifs is 7. The molecule has 2 aliphatic rings. The molecule has 1 unspecified atom stereocenters. The predicted octanol–water partition coefficient (Wildman–Crippen LogP) is -3.47. The normalized spacial score (nSPS) is 22.4. The van der Waals surface area contributed by atoms with Crippen molar-refractivity contribution in [2.24, 2.45) is 28.7 Å². The molecular formula is C36H52N10O8. The fourth-order valence-corrected chi connectivity index (χ4v) is 6.51. The molecule has 0 saturated heterocycles. The number of aromatic hydroxyl groups is 1. The lowest BCUT2D eigenvalue weighted by Gasteiger charge is -2.28. The molecule has 54 heavy (non-hydrogen) atoms. The highest BCUT2D eigenvalue weighted by atomic mass is 16.3. The van der Waals surface area contributed by atoms with Crippen LogP contribution in [0.5, 0.6) is 5.75 Å². The van der Waals surface area contributed by atoms with Crippen LogP contribution in [0.2, 0.25) is 0 Å². The smallest absolute Gasteiger partial charge is 0.247 e. The molecule has 18 nitrogen and oxygen atoms in total. The van der Waals surface area contributed by atoms with E-state index < -0.39 is 77.2 Å². The average Bonchev–Trinajstić information content (AvgIpc) is 3.88. The van der Waals surface area contributed by atoms with Gasteiger partial charge in [-0.15, -0.1) is 0 Å². The maximum absolute atomic E-state index is 14.4. The summed E-state index contributed by atoms with van der Waals surface area (Å²) in [7, 11) is 0. The van der Waals surface area contributed by atoms with Crippen LogP contribution >= 0.6 is 0 Å². The lowest BCUT2D eigenvalue weighted by molar-refractivity contribution is -0.136. The van der Waals surface area contributed by atoms with Gasteiger partial charge in [0.25, 0.3) is 0 Å². The third-order valence-corrected chi connectivity index (χ3v) is 9.68. The van der Waals surface area contributed by atoms with Gasteiger partial charge in [0.05, 0.1) is 12.1 Å². The van der Waals surface area contributed by atoms with Gasteiger partial charge in [-0.25, -0.2) is 0 Å². The van der Waals surface area contributed by atoms with E-state index in [9.17, 15) is 39.0 Å². The molecule has 2 aromatic rings. The number of phenols is 1. The largest absolute Gasteiger partial charge is 0.508 e. The molecular weight excluding hydrogens is 700 g/mol. The van der Waals surface area contributed by atoms with Crippen LogP contribution in [0.4, 0.5) is 0 Å². The van der Waals surface area contributed by atoms with Crippen molar-refractivity contribution in [1.29, 1.82) is 0 Å². The minimum absolute atomic E-state index is 0.0632. The summed E-state index contributed by atoms with van der Waals surface area (Å²) in [5, 5.41) is 34.3. The van der Waals surface area contributed by atoms with E-state index in [0.29, 0.717) is 23.1 Å². The molecule has 1 aliphatic heterocycles. The number of primary amides is 1. The molecule has 1 heterocycles. The molecule has 0 radical (unpaired) electrons. The molecule has 1 saturated carbocycles. The standard InChI is InChI=1S/C36H52N10O8/c37-10-2-5-26(33(52)43-27(7-9-30(41)49)32(51)42-12-11-38)45-35(54)36-17-24(36)21-4-1-3-19(13-21)20-6-8-29(48)22(14-20)15-25(40)31(50)44-28(34(53)46-36)16-23(47)18-39/h1,3-4,6,8,13-14,23-28,47-48H,2,5,7,9-12,15-18,37-40H2,(H2,41,49)(H,42,51)(H,43,52)(H,44,50)(H,45,54)(H,46,53)/t23-,24?,25+,26-,27-,28+,36+/m1/s1. The Hall–Kier alpha value is -5.14. The summed E-state index contributed by atoms with van der Waals surface area (Å²) in [4.78, 5) is 79.9. The monoisotopic (exact) mass is 752 g/mol. The SMILES string of the molecule is NCCC[C@@H](NC(=O)[C@]12CC1c1cccc(c1)-c1ccc(O)c(c1)C[C@H](N)C(=O)N[C@@H](C[C@@H](O)CN)C(=O)N2)C(=O)N[C@H](CCC(N)=O)C(=O)NCCN. The van der Waals surface area contributed by atoms with Gasteiger partial charge in [-0.05, 0) is 66.6 Å². The number of amides is 6. The van der Waals surface area contributed by atoms with Gasteiger partial charge in [0.1, 0.15) is 29.4 Å². The summed E-state index contributed by atoms with van der Waals surface area (Å²) < 4.78 is 0. The molecule has 4 rings (SSSR count). The van der Waals surface area contributed by atoms with E-state index in [1.54, 1.807) is 24.3 Å². The summed E-state index contributed by atoms with van der Waals surface area (Å²) >= 11 is 0. The van der Waals surface area contributed by atoms with Gasteiger partial charge in [-0.1, -0.05) is 30.3 Å². The molecule has 2 aromatic carbocycles. The van der Waals surface area contributed by atoms with Crippen LogP contribution < -0.4 is 55.3 Å². The summed E-state index contributed by atoms with van der Waals surface area (Å²) in [6, 6.07) is 7.19. The van der Waals surface area contributed by atoms with Gasteiger partial charge in [0, 0.05) is 44.8 Å². The van der Waals surface area contributed by atoms with Crippen molar-refractivity contribution in [3.8, 4) is 16.9 Å². The Bertz CT molecular complexity index is 1710. The van der Waals surface area contributed by atoms with Crippen LogP contribution in [0.15, 0.2) is 42.5 Å². The van der Waals surface area contributed by atoms with Crippen molar-refractivity contribution in [2.75, 3.05) is 26.2 Å². The first kappa shape index (κ1) is 41.6. The van der Waals surface area contributed by atoms with Crippen molar-refractivity contribution < 1.29 is 39.0 Å². The van der Waals surface area contributed by atoms with E-state index in [0.717, 1.165) is 5.56 Å². The molecule has 7 atom stereocenters. The van der Waals surface area contributed by atoms with Gasteiger partial charge in [0.15, 0.2) is 0 Å². The lowest BCUT2D eigenvalue weighted by Crippen LogP contribution is -2.61. The van der Waals surface area contributed by atoms with E-state index in [1.807, 2.05) is 12.1 Å². The zero-order valence-corrected chi connectivity index (χ0v) is 30.0. The number of phenolic OH excluding ortho intramolecular Hbond substituents is 1. The van der Waals surface area contributed by atoms with E-state index >= 15 is 0 Å². The molecule has 18 heteroatoms. The second-order valence-corrected chi connectivity index (χ2v) is 13.8. The number of aliphatic hydroxyl groups is 1. The maximum atomic E-state index is 14.4. The molecule has 17 N–H and O–H groups in total. The fraction of sp³-hybridized carbons (Fsp3) is 0.500. The van der Waals surface area contributed by atoms with Crippen LogP contribution in [-0.4, -0.2) is 108 Å². The Morgan fingerprint density at radius 2 is 1.65 bits per heavy atom. The zero-order valence-electron chi connectivity index (χ0n) is 30.0. The van der Waals surface area contributed by atoms with E-state index in [1.165, 1.54) is 6.07 Å². The van der Waals surface area contributed by atoms with Crippen LogP contribution in [-0.2, 0) is 35.2 Å². The predicted molar refractivity (Wildman–Crippen MR) is 198 cm³/mol. The number of nitrogens with two attached hydrogens (primary N) is 5. The Kier molecular flexibility index (Phi) is 14.5. The van der Waals surface area contributed by atoms with Crippen LogP contribution in [0.1, 0.15) is 55.6 Å². The highest BCUT2D eigenvalue weighted by Crippen LogP contribution is 2.52. The van der Waals surface area contributed by atoms with Crippen molar-refractivity contribution in [1.82, 2.24) is 26.6 Å². The fourth-order valence-electron chi connectivity index (χ4n) is 6.51. The molecule has 294 valence electrons. The third-order valence-electron chi connectivity index (χ3n) is 9.68. The van der Waals surface area contributed by atoms with Crippen LogP contribution in [0, 0.1) is 0 Å². The molecule has 0 aromatic heterocycles. The zero-order chi connectivity index (χ0) is 39.6. The molecule has 1 fully saturated rings. The first-order chi connectivity index (χ1) is 25.7. The number of rotatable bonds is 16. The Morgan fingerprint density at radius 3 is 2.33 bits per heavy atom. The van der Waals surface area contributed by atoms with Gasteiger partial charge < -0.3 is 65.5 Å². The van der Waals surface area contributed by atoms with Crippen molar-refractivity contribution >= 4 is 35.4 Å². The van der Waals surface area contributed by atoms with Gasteiger partial charge >= 0.3 is 0 Å². The molecule has 4 bridgehead atoms. The van der Waals surface area contributed by atoms with E-state index in [2.05, 4.69) is 26.6 Å². The quantitative estimate of drug-likeness (QED) is 0.0796. The summed E-state index contributed by atoms with van der Waals surface area (Å²) in [6.07, 6.45) is -1.43. The van der Waals surface area contributed by atoms with Crippen LogP contribution in [0.3, 0.4) is 0 Å². The van der Waals surface area contributed by atoms with E-state index in [4.69, 9.17) is 28.7 Å². The first-order valence-electron chi connectivity index (χ1n) is 18.0. The van der Waals surface area contributed by atoms with Crippen molar-refractivity contribution in [3.05, 3.63) is 53.6 Å². The highest BCUT2D eigenvalue weighted by Gasteiger charge is 2.62. The Balaban J connectivity index is 1.72. The Labute approximate surface area is 312 Å². The average molecular weight is 753 g/mol. The number of hydrogen-bond acceptors (Lipinski definition) is 12. The van der Waals surface area contributed by atoms with E-state index in [-0.39, 0.29) is 70.5 Å². The van der Waals surface area contributed by atoms with Crippen LogP contribution in [0.25, 0.3) is 11.1 Å². The maximum Gasteiger partial charge on any atom is 0.247 e. The number of carbonyl (C=O) groups is 6. The number of aliphatic hydroxyl groups excluding tert-OH is 1. The van der Waals surface area contributed by atoms with Gasteiger partial charge in [-0.3, -0.25) is 28.8 Å². The minimum atomic E-state index is -1.63. The van der Waals surface area contributed by atoms with Gasteiger partial charge in [0.2, 0.25) is 35.4 Å². The molecule has 0 spiro atoms. The summed E-state index contributed by atoms with van der Waals surface area (Å²) in [6.45, 7) is 0.193. The molecule has 1 aliphatic carbocycles. The number of nitrogens with one attached hydrogen (secondary N) is 5. The van der Waals surface area contributed by atoms with Crippen molar-refractivity contribution in [2.45, 2.75) is 86.7 Å². The summed E-state index contributed by atoms with van der Waals surface area (Å²) in [5.74, 6) is -4.96. The highest BCUT2D eigenvalue weighted by molar-refractivity contribution is 6.01. The number of hydrogen-bond donors (Lipinski definition) is 12. The first-order valence-corrected chi connectivity index (χ1v) is 18.0. The second-order valence-electron chi connectivity index (χ2n) is 13.8. The van der Waals surface area contributed by atoms with Gasteiger partial charge in [-0.2, -0.15) is 0 Å². The number of carbonyl (C=O) groups excluding carboxylic acids is 6. The topological polar surface area (TPSA) is 333 Å². The van der Waals surface area contributed by atoms with Crippen molar-refractivity contribution in [3.63, 3.8) is 0 Å².